The number of hydrogen-bond acceptors (Lipinski definition) is 6. The third kappa shape index (κ3) is 7.45. The highest BCUT2D eigenvalue weighted by Crippen LogP contribution is 2.27. The first-order valence-electron chi connectivity index (χ1n) is 12.7. The van der Waals surface area contributed by atoms with Gasteiger partial charge in [-0.05, 0) is 75.3 Å². The average Bonchev–Trinajstić information content (AvgIpc) is 3.42. The molecule has 9 heteroatoms. The van der Waals surface area contributed by atoms with E-state index < -0.39 is 12.0 Å². The molecule has 3 N–H and O–H groups in total. The highest BCUT2D eigenvalue weighted by molar-refractivity contribution is 6.04. The quantitative estimate of drug-likeness (QED) is 0.404. The summed E-state index contributed by atoms with van der Waals surface area (Å²) in [5.74, 6) is -0.558. The minimum absolute atomic E-state index is 0.150. The summed E-state index contributed by atoms with van der Waals surface area (Å²) in [5.41, 5.74) is 2.90. The van der Waals surface area contributed by atoms with Crippen molar-refractivity contribution in [3.05, 3.63) is 53.6 Å². The van der Waals surface area contributed by atoms with E-state index in [2.05, 4.69) is 39.6 Å². The number of benzene rings is 2. The van der Waals surface area contributed by atoms with Crippen LogP contribution in [-0.2, 0) is 4.74 Å². The summed E-state index contributed by atoms with van der Waals surface area (Å²) in [7, 11) is 0. The molecule has 2 aromatic rings. The fourth-order valence-electron chi connectivity index (χ4n) is 4.19. The predicted octanol–water partition coefficient (Wildman–Crippen LogP) is 4.18. The second-order valence-electron chi connectivity index (χ2n) is 8.59. The van der Waals surface area contributed by atoms with Crippen molar-refractivity contribution in [2.24, 2.45) is 0 Å². The fraction of sp³-hybridized carbons (Fsp3) is 0.444. The zero-order valence-corrected chi connectivity index (χ0v) is 21.4. The van der Waals surface area contributed by atoms with E-state index >= 15 is 0 Å². The molecule has 1 aliphatic heterocycles. The number of anilines is 3. The lowest BCUT2D eigenvalue weighted by Gasteiger charge is -2.23. The maximum absolute atomic E-state index is 13.1. The predicted molar refractivity (Wildman–Crippen MR) is 143 cm³/mol. The Hall–Kier alpha value is -3.59. The second-order valence-corrected chi connectivity index (χ2v) is 8.59. The highest BCUT2D eigenvalue weighted by atomic mass is 16.5. The number of urea groups is 1. The maximum atomic E-state index is 13.1. The SMILES string of the molecule is CCOC(=O)c1ccc(NC(=O)Nc2ccc(N3CCCC3)c(C(=O)NCCN(CC)CC)c2)cc1. The van der Waals surface area contributed by atoms with Crippen LogP contribution >= 0.6 is 0 Å². The largest absolute Gasteiger partial charge is 0.462 e. The van der Waals surface area contributed by atoms with Crippen molar-refractivity contribution in [2.75, 3.05) is 61.4 Å². The van der Waals surface area contributed by atoms with Gasteiger partial charge in [0.25, 0.3) is 5.91 Å². The maximum Gasteiger partial charge on any atom is 0.338 e. The van der Waals surface area contributed by atoms with Gasteiger partial charge in [-0.2, -0.15) is 0 Å². The Kier molecular flexibility index (Phi) is 10.1. The first kappa shape index (κ1) is 27.0. The standard InChI is InChI=1S/C27H37N5O4/c1-4-31(5-2)18-15-28-25(33)23-19-22(13-14-24(23)32-16-7-8-17-32)30-27(35)29-21-11-9-20(10-12-21)26(34)36-6-3/h9-14,19H,4-8,15-18H2,1-3H3,(H,28,33)(H2,29,30,35). The molecule has 0 atom stereocenters. The molecule has 0 aromatic heterocycles. The van der Waals surface area contributed by atoms with Gasteiger partial charge in [-0.25, -0.2) is 9.59 Å². The van der Waals surface area contributed by atoms with E-state index in [4.69, 9.17) is 4.74 Å². The number of nitrogens with one attached hydrogen (secondary N) is 3. The molecule has 9 nitrogen and oxygen atoms in total. The Morgan fingerprint density at radius 3 is 2.19 bits per heavy atom. The molecule has 0 bridgehead atoms. The summed E-state index contributed by atoms with van der Waals surface area (Å²) in [5, 5.41) is 8.59. The van der Waals surface area contributed by atoms with Crippen LogP contribution in [0.15, 0.2) is 42.5 Å². The first-order valence-corrected chi connectivity index (χ1v) is 12.7. The van der Waals surface area contributed by atoms with Crippen LogP contribution in [-0.4, -0.2) is 68.7 Å². The van der Waals surface area contributed by atoms with E-state index in [-0.39, 0.29) is 5.91 Å². The number of rotatable bonds is 11. The topological polar surface area (TPSA) is 103 Å². The Bertz CT molecular complexity index is 1030. The van der Waals surface area contributed by atoms with Gasteiger partial charge in [-0.15, -0.1) is 0 Å². The fourth-order valence-corrected chi connectivity index (χ4v) is 4.19. The molecule has 0 aliphatic carbocycles. The molecule has 0 radical (unpaired) electrons. The number of carbonyl (C=O) groups is 3. The summed E-state index contributed by atoms with van der Waals surface area (Å²) in [6, 6.07) is 11.5. The van der Waals surface area contributed by atoms with E-state index in [0.29, 0.717) is 35.7 Å². The summed E-state index contributed by atoms with van der Waals surface area (Å²) in [4.78, 5) is 42.0. The van der Waals surface area contributed by atoms with E-state index in [1.165, 1.54) is 0 Å². The molecule has 194 valence electrons. The molecule has 1 saturated heterocycles. The van der Waals surface area contributed by atoms with Crippen LogP contribution in [0, 0.1) is 0 Å². The van der Waals surface area contributed by atoms with Crippen LogP contribution in [0.25, 0.3) is 0 Å². The Labute approximate surface area is 213 Å². The van der Waals surface area contributed by atoms with Gasteiger partial charge in [-0.3, -0.25) is 4.79 Å². The van der Waals surface area contributed by atoms with Crippen LogP contribution in [0.5, 0.6) is 0 Å². The second kappa shape index (κ2) is 13.5. The van der Waals surface area contributed by atoms with Crippen LogP contribution in [0.4, 0.5) is 21.9 Å². The van der Waals surface area contributed by atoms with E-state index in [1.54, 1.807) is 37.3 Å². The van der Waals surface area contributed by atoms with Crippen molar-refractivity contribution in [3.63, 3.8) is 0 Å². The third-order valence-corrected chi connectivity index (χ3v) is 6.21. The normalized spacial score (nSPS) is 12.9. The van der Waals surface area contributed by atoms with Crippen molar-refractivity contribution in [1.29, 1.82) is 0 Å². The van der Waals surface area contributed by atoms with Crippen molar-refractivity contribution in [3.8, 4) is 0 Å². The summed E-state index contributed by atoms with van der Waals surface area (Å²) in [6.45, 7) is 11.3. The zero-order valence-electron chi connectivity index (χ0n) is 21.4. The van der Waals surface area contributed by atoms with Gasteiger partial charge in [0.05, 0.1) is 17.7 Å². The van der Waals surface area contributed by atoms with Gasteiger partial charge in [0, 0.05) is 43.2 Å². The summed E-state index contributed by atoms with van der Waals surface area (Å²) >= 11 is 0. The third-order valence-electron chi connectivity index (χ3n) is 6.21. The molecular weight excluding hydrogens is 458 g/mol. The Morgan fingerprint density at radius 2 is 1.56 bits per heavy atom. The molecule has 0 saturated carbocycles. The molecule has 0 spiro atoms. The monoisotopic (exact) mass is 495 g/mol. The number of ether oxygens (including phenoxy) is 1. The van der Waals surface area contributed by atoms with Gasteiger partial charge in [-0.1, -0.05) is 13.8 Å². The Balaban J connectivity index is 1.68. The zero-order chi connectivity index (χ0) is 25.9. The van der Waals surface area contributed by atoms with Crippen molar-refractivity contribution in [2.45, 2.75) is 33.6 Å². The van der Waals surface area contributed by atoms with Crippen LogP contribution < -0.4 is 20.9 Å². The lowest BCUT2D eigenvalue weighted by atomic mass is 10.1. The van der Waals surface area contributed by atoms with E-state index in [0.717, 1.165) is 51.3 Å². The smallest absolute Gasteiger partial charge is 0.338 e. The van der Waals surface area contributed by atoms with Crippen LogP contribution in [0.1, 0.15) is 54.3 Å². The molecule has 1 heterocycles. The molecule has 1 fully saturated rings. The summed E-state index contributed by atoms with van der Waals surface area (Å²) in [6.07, 6.45) is 2.20. The average molecular weight is 496 g/mol. The van der Waals surface area contributed by atoms with Gasteiger partial charge < -0.3 is 30.5 Å². The van der Waals surface area contributed by atoms with Crippen LogP contribution in [0.3, 0.4) is 0 Å². The van der Waals surface area contributed by atoms with E-state index in [1.807, 2.05) is 12.1 Å². The molecular formula is C27H37N5O4. The molecule has 36 heavy (non-hydrogen) atoms. The number of likely N-dealkylation sites (N-methyl/N-ethyl adjacent to an activating group) is 1. The molecule has 3 rings (SSSR count). The molecule has 3 amide bonds. The number of amides is 3. The van der Waals surface area contributed by atoms with Gasteiger partial charge >= 0.3 is 12.0 Å². The number of nitrogens with zero attached hydrogens (tertiary/aromatic N) is 2. The number of hydrogen-bond donors (Lipinski definition) is 3. The highest BCUT2D eigenvalue weighted by Gasteiger charge is 2.20. The van der Waals surface area contributed by atoms with Crippen molar-refractivity contribution >= 4 is 35.0 Å². The van der Waals surface area contributed by atoms with Gasteiger partial charge in [0.15, 0.2) is 0 Å². The lowest BCUT2D eigenvalue weighted by Crippen LogP contribution is -2.35. The molecule has 1 aliphatic rings. The van der Waals surface area contributed by atoms with Crippen molar-refractivity contribution < 1.29 is 19.1 Å². The number of esters is 1. The van der Waals surface area contributed by atoms with E-state index in [9.17, 15) is 14.4 Å². The lowest BCUT2D eigenvalue weighted by molar-refractivity contribution is 0.0526. The minimum atomic E-state index is -0.444. The number of carbonyl (C=O) groups excluding carboxylic acids is 3. The van der Waals surface area contributed by atoms with Gasteiger partial charge in [0.1, 0.15) is 0 Å². The van der Waals surface area contributed by atoms with Gasteiger partial charge in [0.2, 0.25) is 0 Å². The minimum Gasteiger partial charge on any atom is -0.462 e. The van der Waals surface area contributed by atoms with Crippen molar-refractivity contribution in [1.82, 2.24) is 10.2 Å². The first-order chi connectivity index (χ1) is 17.4. The Morgan fingerprint density at radius 1 is 0.917 bits per heavy atom. The summed E-state index contributed by atoms with van der Waals surface area (Å²) < 4.78 is 4.98. The molecule has 2 aromatic carbocycles. The van der Waals surface area contributed by atoms with Crippen LogP contribution in [0.2, 0.25) is 0 Å². The molecule has 0 unspecified atom stereocenters.